The molecule has 156 valence electrons. The molecule has 3 heterocycles. The minimum absolute atomic E-state index is 0.190. The maximum Gasteiger partial charge on any atom is 0.285 e. The highest BCUT2D eigenvalue weighted by molar-refractivity contribution is 7.68. The molecule has 2 saturated heterocycles. The van der Waals surface area contributed by atoms with Crippen molar-refractivity contribution in [2.75, 3.05) is 48.7 Å². The smallest absolute Gasteiger partial charge is 0.285 e. The number of ether oxygens (including phenoxy) is 1. The lowest BCUT2D eigenvalue weighted by atomic mass is 10.3. The van der Waals surface area contributed by atoms with Gasteiger partial charge in [0.15, 0.2) is 0 Å². The van der Waals surface area contributed by atoms with Crippen molar-refractivity contribution >= 4 is 30.2 Å². The number of morpholine rings is 1. The van der Waals surface area contributed by atoms with Gasteiger partial charge in [0, 0.05) is 42.4 Å². The molecule has 0 N–H and O–H groups in total. The molecule has 30 heavy (non-hydrogen) atoms. The Bertz CT molecular complexity index is 942. The second-order valence-corrected chi connectivity index (χ2v) is 11.2. The number of anilines is 2. The molecule has 2 aliphatic heterocycles. The van der Waals surface area contributed by atoms with Crippen LogP contribution in [0.25, 0.3) is 0 Å². The van der Waals surface area contributed by atoms with E-state index in [2.05, 4.69) is 56.0 Å². The monoisotopic (exact) mass is 439 g/mol. The minimum atomic E-state index is -3.05. The fourth-order valence-corrected chi connectivity index (χ4v) is 9.36. The number of hydrogen-bond donors (Lipinski definition) is 0. The first-order chi connectivity index (χ1) is 14.8. The van der Waals surface area contributed by atoms with Crippen LogP contribution in [0.15, 0.2) is 78.2 Å². The van der Waals surface area contributed by atoms with Crippen molar-refractivity contribution in [3.05, 3.63) is 83.1 Å². The van der Waals surface area contributed by atoms with E-state index in [0.717, 1.165) is 42.4 Å². The van der Waals surface area contributed by atoms with E-state index < -0.39 is 7.44 Å². The predicted molar refractivity (Wildman–Crippen MR) is 125 cm³/mol. The summed E-state index contributed by atoms with van der Waals surface area (Å²) in [5.41, 5.74) is 2.04. The normalized spacial score (nSPS) is 20.4. The summed E-state index contributed by atoms with van der Waals surface area (Å²) in [7, 11) is -3.05. The fourth-order valence-electron chi connectivity index (χ4n) is 4.48. The van der Waals surface area contributed by atoms with Gasteiger partial charge in [0.1, 0.15) is 5.78 Å². The van der Waals surface area contributed by atoms with Crippen molar-refractivity contribution < 1.29 is 9.30 Å². The third-order valence-corrected chi connectivity index (χ3v) is 10.4. The summed E-state index contributed by atoms with van der Waals surface area (Å²) in [6.07, 6.45) is 0. The zero-order chi connectivity index (χ0) is 20.4. The molecule has 0 radical (unpaired) electrons. The largest absolute Gasteiger partial charge is 0.379 e. The SMILES string of the molecule is O=P1([C@@H](c2cccs2)N2CCOCC2)N(c2ccccc2)CCN1c1ccccc1. The van der Waals surface area contributed by atoms with Crippen LogP contribution < -0.4 is 9.34 Å². The van der Waals surface area contributed by atoms with Gasteiger partial charge in [-0.25, -0.2) is 0 Å². The van der Waals surface area contributed by atoms with Gasteiger partial charge < -0.3 is 14.1 Å². The molecule has 2 fully saturated rings. The Morgan fingerprint density at radius 3 is 1.83 bits per heavy atom. The maximum absolute atomic E-state index is 15.4. The highest BCUT2D eigenvalue weighted by Gasteiger charge is 2.52. The lowest BCUT2D eigenvalue weighted by molar-refractivity contribution is 0.0308. The van der Waals surface area contributed by atoms with Crippen LogP contribution in [0.1, 0.15) is 10.7 Å². The third kappa shape index (κ3) is 3.48. The number of benzene rings is 2. The van der Waals surface area contributed by atoms with E-state index in [-0.39, 0.29) is 5.78 Å². The Morgan fingerprint density at radius 1 is 0.767 bits per heavy atom. The molecule has 0 saturated carbocycles. The number of para-hydroxylation sites is 2. The van der Waals surface area contributed by atoms with Crippen LogP contribution in [0.5, 0.6) is 0 Å². The molecule has 0 aliphatic carbocycles. The van der Waals surface area contributed by atoms with Crippen LogP contribution in [-0.4, -0.2) is 44.3 Å². The molecule has 3 aromatic rings. The molecular formula is C23H26N3O2PS. The van der Waals surface area contributed by atoms with Crippen LogP contribution in [-0.2, 0) is 9.30 Å². The summed E-state index contributed by atoms with van der Waals surface area (Å²) in [4.78, 5) is 3.52. The molecule has 2 aliphatic rings. The van der Waals surface area contributed by atoms with Crippen molar-refractivity contribution in [1.29, 1.82) is 0 Å². The Balaban J connectivity index is 1.66. The molecule has 0 bridgehead atoms. The molecule has 0 spiro atoms. The van der Waals surface area contributed by atoms with E-state index in [1.54, 1.807) is 11.3 Å². The van der Waals surface area contributed by atoms with Gasteiger partial charge in [0.25, 0.3) is 7.44 Å². The summed E-state index contributed by atoms with van der Waals surface area (Å²) in [5, 5.41) is 2.09. The first-order valence-corrected chi connectivity index (χ1v) is 13.0. The molecule has 5 nitrogen and oxygen atoms in total. The second-order valence-electron chi connectivity index (χ2n) is 7.54. The summed E-state index contributed by atoms with van der Waals surface area (Å²) < 4.78 is 25.3. The van der Waals surface area contributed by atoms with Gasteiger partial charge in [0.2, 0.25) is 0 Å². The average molecular weight is 440 g/mol. The van der Waals surface area contributed by atoms with E-state index in [0.29, 0.717) is 13.2 Å². The van der Waals surface area contributed by atoms with Crippen LogP contribution >= 0.6 is 18.8 Å². The molecule has 0 amide bonds. The second kappa shape index (κ2) is 8.56. The van der Waals surface area contributed by atoms with Crippen molar-refractivity contribution in [3.63, 3.8) is 0 Å². The van der Waals surface area contributed by atoms with Crippen LogP contribution in [0, 0.1) is 0 Å². The Kier molecular flexibility index (Phi) is 5.66. The maximum atomic E-state index is 15.4. The summed E-state index contributed by atoms with van der Waals surface area (Å²) in [5.74, 6) is -0.190. The molecule has 7 heteroatoms. The lowest BCUT2D eigenvalue weighted by Crippen LogP contribution is -2.42. The van der Waals surface area contributed by atoms with Crippen molar-refractivity contribution in [2.45, 2.75) is 5.78 Å². The molecule has 0 unspecified atom stereocenters. The highest BCUT2D eigenvalue weighted by Crippen LogP contribution is 2.70. The number of nitrogens with zero attached hydrogens (tertiary/aromatic N) is 3. The summed E-state index contributed by atoms with van der Waals surface area (Å²) in [6.45, 7) is 4.41. The van der Waals surface area contributed by atoms with Gasteiger partial charge in [-0.3, -0.25) is 9.46 Å². The zero-order valence-electron chi connectivity index (χ0n) is 16.8. The van der Waals surface area contributed by atoms with Crippen LogP contribution in [0.2, 0.25) is 0 Å². The minimum Gasteiger partial charge on any atom is -0.379 e. The molecule has 1 aromatic heterocycles. The van der Waals surface area contributed by atoms with Crippen molar-refractivity contribution in [3.8, 4) is 0 Å². The highest BCUT2D eigenvalue weighted by atomic mass is 32.1. The Hall–Kier alpha value is -2.11. The van der Waals surface area contributed by atoms with E-state index >= 15 is 4.57 Å². The summed E-state index contributed by atoms with van der Waals surface area (Å²) in [6, 6.07) is 24.6. The quantitative estimate of drug-likeness (QED) is 0.504. The number of thiophene rings is 1. The third-order valence-electron chi connectivity index (χ3n) is 5.83. The van der Waals surface area contributed by atoms with Crippen molar-refractivity contribution in [1.82, 2.24) is 4.90 Å². The van der Waals surface area contributed by atoms with Gasteiger partial charge in [-0.05, 0) is 35.7 Å². The topological polar surface area (TPSA) is 36.0 Å². The standard InChI is InChI=1S/C23H26N3O2PS/c27-29(23(22-12-7-19-30-22)24-15-17-28-18-16-24)25(20-8-3-1-4-9-20)13-14-26(29)21-10-5-2-6-11-21/h1-12,19,23H,13-18H2/t23-/m0/s1. The molecule has 5 rings (SSSR count). The zero-order valence-corrected chi connectivity index (χ0v) is 18.6. The average Bonchev–Trinajstić information content (AvgIpc) is 3.44. The number of hydrogen-bond acceptors (Lipinski definition) is 4. The Morgan fingerprint density at radius 2 is 1.33 bits per heavy atom. The lowest BCUT2D eigenvalue weighted by Gasteiger charge is -2.43. The molecule has 2 aromatic carbocycles. The first kappa shape index (κ1) is 19.8. The van der Waals surface area contributed by atoms with Crippen LogP contribution in [0.4, 0.5) is 11.4 Å². The fraction of sp³-hybridized carbons (Fsp3) is 0.304. The molecule has 1 atom stereocenters. The van der Waals surface area contributed by atoms with E-state index in [4.69, 9.17) is 4.74 Å². The first-order valence-electron chi connectivity index (χ1n) is 10.4. The van der Waals surface area contributed by atoms with Gasteiger partial charge in [0.05, 0.1) is 13.2 Å². The Labute approximate surface area is 182 Å². The summed E-state index contributed by atoms with van der Waals surface area (Å²) >= 11 is 1.70. The van der Waals surface area contributed by atoms with Crippen molar-refractivity contribution in [2.24, 2.45) is 0 Å². The van der Waals surface area contributed by atoms with Crippen LogP contribution in [0.3, 0.4) is 0 Å². The predicted octanol–water partition coefficient (Wildman–Crippen LogP) is 5.30. The van der Waals surface area contributed by atoms with Gasteiger partial charge in [-0.1, -0.05) is 42.5 Å². The van der Waals surface area contributed by atoms with Gasteiger partial charge in [-0.2, -0.15) is 0 Å². The number of rotatable bonds is 5. The van der Waals surface area contributed by atoms with E-state index in [1.165, 1.54) is 0 Å². The van der Waals surface area contributed by atoms with E-state index in [1.807, 2.05) is 36.4 Å². The van der Waals surface area contributed by atoms with Gasteiger partial charge in [-0.15, -0.1) is 11.3 Å². The molecular weight excluding hydrogens is 413 g/mol. The van der Waals surface area contributed by atoms with Gasteiger partial charge >= 0.3 is 0 Å². The van der Waals surface area contributed by atoms with E-state index in [9.17, 15) is 0 Å².